The Morgan fingerprint density at radius 3 is 2.69 bits per heavy atom. The van der Waals surface area contributed by atoms with Crippen molar-refractivity contribution < 1.29 is 9.90 Å². The van der Waals surface area contributed by atoms with Gasteiger partial charge >= 0.3 is 5.97 Å². The fourth-order valence-electron chi connectivity index (χ4n) is 1.77. The molecule has 0 saturated heterocycles. The molecule has 0 aliphatic rings. The lowest BCUT2D eigenvalue weighted by atomic mass is 10.1. The minimum absolute atomic E-state index is 0.0814. The van der Waals surface area contributed by atoms with Crippen LogP contribution in [0.4, 0.5) is 0 Å². The van der Waals surface area contributed by atoms with Gasteiger partial charge in [-0.2, -0.15) is 0 Å². The van der Waals surface area contributed by atoms with Gasteiger partial charge in [0.05, 0.1) is 6.54 Å². The van der Waals surface area contributed by atoms with Gasteiger partial charge in [-0.3, -0.25) is 9.69 Å². The average molecular weight is 221 g/mol. The van der Waals surface area contributed by atoms with Gasteiger partial charge in [0.1, 0.15) is 0 Å². The second-order valence-corrected chi connectivity index (χ2v) is 4.14. The molecule has 0 aliphatic carbocycles. The summed E-state index contributed by atoms with van der Waals surface area (Å²) in [6.07, 6.45) is 2.21. The molecule has 0 atom stereocenters. The van der Waals surface area contributed by atoms with E-state index in [0.717, 1.165) is 12.8 Å². The molecule has 0 heterocycles. The van der Waals surface area contributed by atoms with E-state index >= 15 is 0 Å². The van der Waals surface area contributed by atoms with E-state index in [1.54, 1.807) is 4.90 Å². The number of aryl methyl sites for hydroxylation is 1. The molecule has 0 spiro atoms. The van der Waals surface area contributed by atoms with Gasteiger partial charge in [0.25, 0.3) is 0 Å². The lowest BCUT2D eigenvalue weighted by Gasteiger charge is -2.14. The minimum Gasteiger partial charge on any atom is -0.480 e. The van der Waals surface area contributed by atoms with Crippen molar-refractivity contribution in [3.05, 3.63) is 35.4 Å². The molecule has 0 aliphatic heterocycles. The molecule has 88 valence electrons. The van der Waals surface area contributed by atoms with Crippen molar-refractivity contribution in [2.24, 2.45) is 0 Å². The Kier molecular flexibility index (Phi) is 4.99. The summed E-state index contributed by atoms with van der Waals surface area (Å²) >= 11 is 0. The third-order valence-electron chi connectivity index (χ3n) is 2.39. The van der Waals surface area contributed by atoms with Crippen molar-refractivity contribution in [3.63, 3.8) is 0 Å². The second kappa shape index (κ2) is 6.28. The standard InChI is InChI=1S/C13H19NO2/c1-3-5-11-6-4-7-12(8-11)9-14(2)10-13(15)16/h4,6-8H,3,5,9-10H2,1-2H3,(H,15,16). The topological polar surface area (TPSA) is 40.5 Å². The summed E-state index contributed by atoms with van der Waals surface area (Å²) in [5, 5.41) is 8.66. The molecule has 0 unspecified atom stereocenters. The number of carboxylic acid groups (broad SMARTS) is 1. The summed E-state index contributed by atoms with van der Waals surface area (Å²) in [5.41, 5.74) is 2.50. The maximum Gasteiger partial charge on any atom is 0.317 e. The van der Waals surface area contributed by atoms with Crippen LogP contribution in [-0.2, 0) is 17.8 Å². The number of carbonyl (C=O) groups is 1. The molecule has 0 saturated carbocycles. The van der Waals surface area contributed by atoms with E-state index in [0.29, 0.717) is 6.54 Å². The van der Waals surface area contributed by atoms with Crippen molar-refractivity contribution in [1.82, 2.24) is 4.90 Å². The number of hydrogen-bond acceptors (Lipinski definition) is 2. The molecule has 0 fully saturated rings. The van der Waals surface area contributed by atoms with Crippen molar-refractivity contribution in [2.45, 2.75) is 26.3 Å². The Morgan fingerprint density at radius 1 is 1.38 bits per heavy atom. The molecular formula is C13H19NO2. The molecule has 0 radical (unpaired) electrons. The molecule has 1 rings (SSSR count). The van der Waals surface area contributed by atoms with E-state index in [-0.39, 0.29) is 6.54 Å². The molecular weight excluding hydrogens is 202 g/mol. The summed E-state index contributed by atoms with van der Waals surface area (Å²) in [6.45, 7) is 2.92. The lowest BCUT2D eigenvalue weighted by Crippen LogP contribution is -2.25. The molecule has 0 amide bonds. The van der Waals surface area contributed by atoms with Gasteiger partial charge in [-0.1, -0.05) is 37.6 Å². The number of hydrogen-bond donors (Lipinski definition) is 1. The second-order valence-electron chi connectivity index (χ2n) is 4.14. The summed E-state index contributed by atoms with van der Waals surface area (Å²) in [5.74, 6) is -0.785. The van der Waals surface area contributed by atoms with E-state index in [1.165, 1.54) is 11.1 Å². The number of nitrogens with zero attached hydrogens (tertiary/aromatic N) is 1. The monoisotopic (exact) mass is 221 g/mol. The summed E-state index contributed by atoms with van der Waals surface area (Å²) in [7, 11) is 1.82. The Morgan fingerprint density at radius 2 is 2.06 bits per heavy atom. The predicted octanol–water partition coefficient (Wildman–Crippen LogP) is 2.16. The van der Waals surface area contributed by atoms with E-state index < -0.39 is 5.97 Å². The van der Waals surface area contributed by atoms with Crippen LogP contribution in [0.2, 0.25) is 0 Å². The zero-order chi connectivity index (χ0) is 12.0. The van der Waals surface area contributed by atoms with Gasteiger partial charge in [0.2, 0.25) is 0 Å². The third kappa shape index (κ3) is 4.45. The lowest BCUT2D eigenvalue weighted by molar-refractivity contribution is -0.138. The van der Waals surface area contributed by atoms with Crippen LogP contribution in [0.1, 0.15) is 24.5 Å². The molecule has 0 bridgehead atoms. The normalized spacial score (nSPS) is 10.7. The van der Waals surface area contributed by atoms with E-state index in [1.807, 2.05) is 19.2 Å². The minimum atomic E-state index is -0.785. The molecule has 3 nitrogen and oxygen atoms in total. The van der Waals surface area contributed by atoms with Crippen molar-refractivity contribution in [3.8, 4) is 0 Å². The third-order valence-corrected chi connectivity index (χ3v) is 2.39. The zero-order valence-electron chi connectivity index (χ0n) is 9.94. The first-order valence-corrected chi connectivity index (χ1v) is 5.60. The Labute approximate surface area is 96.7 Å². The van der Waals surface area contributed by atoms with Crippen LogP contribution >= 0.6 is 0 Å². The van der Waals surface area contributed by atoms with Gasteiger partial charge in [0.15, 0.2) is 0 Å². The quantitative estimate of drug-likeness (QED) is 0.800. The van der Waals surface area contributed by atoms with Crippen molar-refractivity contribution in [1.29, 1.82) is 0 Å². The van der Waals surface area contributed by atoms with Crippen LogP contribution in [0, 0.1) is 0 Å². The Balaban J connectivity index is 2.59. The number of aliphatic carboxylic acids is 1. The molecule has 0 aromatic heterocycles. The number of likely N-dealkylation sites (N-methyl/N-ethyl adjacent to an activating group) is 1. The van der Waals surface area contributed by atoms with Crippen LogP contribution in [0.3, 0.4) is 0 Å². The van der Waals surface area contributed by atoms with Crippen LogP contribution in [-0.4, -0.2) is 29.6 Å². The highest BCUT2D eigenvalue weighted by Gasteiger charge is 2.05. The molecule has 1 aromatic rings. The highest BCUT2D eigenvalue weighted by atomic mass is 16.4. The number of benzene rings is 1. The molecule has 16 heavy (non-hydrogen) atoms. The highest BCUT2D eigenvalue weighted by Crippen LogP contribution is 2.09. The SMILES string of the molecule is CCCc1cccc(CN(C)CC(=O)O)c1. The van der Waals surface area contributed by atoms with Gasteiger partial charge in [0, 0.05) is 6.54 Å². The van der Waals surface area contributed by atoms with E-state index in [4.69, 9.17) is 5.11 Å². The van der Waals surface area contributed by atoms with Crippen LogP contribution in [0.5, 0.6) is 0 Å². The van der Waals surface area contributed by atoms with Crippen LogP contribution in [0.25, 0.3) is 0 Å². The fourth-order valence-corrected chi connectivity index (χ4v) is 1.77. The summed E-state index contributed by atoms with van der Waals surface area (Å²) in [4.78, 5) is 12.3. The van der Waals surface area contributed by atoms with Gasteiger partial charge < -0.3 is 5.11 Å². The maximum absolute atomic E-state index is 10.5. The Hall–Kier alpha value is -1.35. The smallest absolute Gasteiger partial charge is 0.317 e. The van der Waals surface area contributed by atoms with Crippen molar-refractivity contribution in [2.75, 3.05) is 13.6 Å². The average Bonchev–Trinajstić information content (AvgIpc) is 2.17. The fraction of sp³-hybridized carbons (Fsp3) is 0.462. The first-order valence-electron chi connectivity index (χ1n) is 5.60. The van der Waals surface area contributed by atoms with E-state index in [2.05, 4.69) is 19.1 Å². The first kappa shape index (κ1) is 12.7. The molecule has 1 aromatic carbocycles. The Bertz CT molecular complexity index is 350. The van der Waals surface area contributed by atoms with Crippen LogP contribution in [0.15, 0.2) is 24.3 Å². The zero-order valence-corrected chi connectivity index (χ0v) is 9.94. The number of carboxylic acids is 1. The predicted molar refractivity (Wildman–Crippen MR) is 64.4 cm³/mol. The van der Waals surface area contributed by atoms with Crippen LogP contribution < -0.4 is 0 Å². The highest BCUT2D eigenvalue weighted by molar-refractivity contribution is 5.69. The maximum atomic E-state index is 10.5. The van der Waals surface area contributed by atoms with E-state index in [9.17, 15) is 4.79 Å². The van der Waals surface area contributed by atoms with Gasteiger partial charge in [-0.25, -0.2) is 0 Å². The van der Waals surface area contributed by atoms with Gasteiger partial charge in [-0.05, 0) is 24.6 Å². The largest absolute Gasteiger partial charge is 0.480 e. The number of rotatable bonds is 6. The molecule has 1 N–H and O–H groups in total. The van der Waals surface area contributed by atoms with Crippen molar-refractivity contribution >= 4 is 5.97 Å². The first-order chi connectivity index (χ1) is 7.61. The molecule has 3 heteroatoms. The summed E-state index contributed by atoms with van der Waals surface area (Å²) < 4.78 is 0. The van der Waals surface area contributed by atoms with Gasteiger partial charge in [-0.15, -0.1) is 0 Å². The summed E-state index contributed by atoms with van der Waals surface area (Å²) in [6, 6.07) is 8.35.